The average molecular weight is 283 g/mol. The lowest BCUT2D eigenvalue weighted by atomic mass is 10.1. The summed E-state index contributed by atoms with van der Waals surface area (Å²) in [7, 11) is 0. The van der Waals surface area contributed by atoms with Crippen LogP contribution in [0.15, 0.2) is 0 Å². The first-order chi connectivity index (χ1) is 9.49. The van der Waals surface area contributed by atoms with Crippen molar-refractivity contribution in [3.63, 3.8) is 0 Å². The average Bonchev–Trinajstić information content (AvgIpc) is 2.91. The minimum absolute atomic E-state index is 0.0176. The highest BCUT2D eigenvalue weighted by molar-refractivity contribution is 5.90. The molecule has 1 fully saturated rings. The molecule has 0 aromatic rings. The number of nitrogens with one attached hydrogen (secondary N) is 1. The molecule has 3 amide bonds. The van der Waals surface area contributed by atoms with Gasteiger partial charge in [0.2, 0.25) is 24.0 Å². The van der Waals surface area contributed by atoms with Gasteiger partial charge < -0.3 is 21.7 Å². The number of amides is 3. The maximum atomic E-state index is 12.0. The largest absolute Gasteiger partial charge is 0.370 e. The molecule has 8 heteroatoms. The minimum atomic E-state index is -0.898. The first-order valence-electron chi connectivity index (χ1n) is 6.45. The Morgan fingerprint density at radius 2 is 2.10 bits per heavy atom. The van der Waals surface area contributed by atoms with Crippen molar-refractivity contribution in [2.45, 2.75) is 37.8 Å². The molecule has 0 aromatic heterocycles. The van der Waals surface area contributed by atoms with Gasteiger partial charge in [0.15, 0.2) is 0 Å². The molecular formula is C12H19N4O4. The molecule has 0 bridgehead atoms. The van der Waals surface area contributed by atoms with Crippen LogP contribution >= 0.6 is 0 Å². The Bertz CT molecular complexity index is 399. The number of rotatable bonds is 7. The highest BCUT2D eigenvalue weighted by Crippen LogP contribution is 2.17. The van der Waals surface area contributed by atoms with Crippen LogP contribution < -0.4 is 16.8 Å². The van der Waals surface area contributed by atoms with E-state index in [1.165, 1.54) is 4.90 Å². The molecule has 20 heavy (non-hydrogen) atoms. The van der Waals surface area contributed by atoms with Crippen molar-refractivity contribution in [1.29, 1.82) is 0 Å². The third-order valence-electron chi connectivity index (χ3n) is 3.19. The number of carbonyl (C=O) groups excluding carboxylic acids is 4. The van der Waals surface area contributed by atoms with Crippen LogP contribution in [0.1, 0.15) is 25.7 Å². The van der Waals surface area contributed by atoms with E-state index in [0.717, 1.165) is 0 Å². The molecule has 8 nitrogen and oxygen atoms in total. The number of nitrogens with two attached hydrogens (primary N) is 2. The van der Waals surface area contributed by atoms with E-state index in [9.17, 15) is 19.2 Å². The van der Waals surface area contributed by atoms with E-state index < -0.39 is 23.9 Å². The summed E-state index contributed by atoms with van der Waals surface area (Å²) in [5.74, 6) is -1.28. The van der Waals surface area contributed by atoms with E-state index in [1.807, 2.05) is 0 Å². The second-order valence-corrected chi connectivity index (χ2v) is 4.63. The highest BCUT2D eigenvalue weighted by Gasteiger charge is 2.34. The standard InChI is InChI=1S/C12H19N4O4/c13-6-11(19)16-5-1-2-9(16)12(20)15-8(7-17)3-4-10(14)18/h8-9H,1-6,13H2,(H2,14,18)(H,15,20)/t8-,9-/m0/s1. The Kier molecular flexibility index (Phi) is 6.10. The van der Waals surface area contributed by atoms with Crippen LogP contribution in [0.25, 0.3) is 0 Å². The van der Waals surface area contributed by atoms with Gasteiger partial charge in [-0.2, -0.15) is 0 Å². The molecule has 0 saturated carbocycles. The van der Waals surface area contributed by atoms with Gasteiger partial charge >= 0.3 is 0 Å². The fraction of sp³-hybridized carbons (Fsp3) is 0.667. The molecule has 1 aliphatic rings. The van der Waals surface area contributed by atoms with Gasteiger partial charge in [0, 0.05) is 13.0 Å². The van der Waals surface area contributed by atoms with E-state index in [-0.39, 0.29) is 25.3 Å². The summed E-state index contributed by atoms with van der Waals surface area (Å²) < 4.78 is 0. The summed E-state index contributed by atoms with van der Waals surface area (Å²) >= 11 is 0. The van der Waals surface area contributed by atoms with Crippen molar-refractivity contribution in [3.05, 3.63) is 0 Å². The molecule has 5 N–H and O–H groups in total. The van der Waals surface area contributed by atoms with E-state index in [1.54, 1.807) is 6.29 Å². The van der Waals surface area contributed by atoms with Crippen LogP contribution in [0.2, 0.25) is 0 Å². The Hall–Kier alpha value is -1.96. The third kappa shape index (κ3) is 4.30. The summed E-state index contributed by atoms with van der Waals surface area (Å²) in [5.41, 5.74) is 10.3. The molecule has 1 aliphatic heterocycles. The molecule has 2 atom stereocenters. The van der Waals surface area contributed by atoms with Crippen molar-refractivity contribution >= 4 is 24.0 Å². The molecule has 1 rings (SSSR count). The van der Waals surface area contributed by atoms with Gasteiger partial charge in [0.05, 0.1) is 12.6 Å². The molecular weight excluding hydrogens is 264 g/mol. The SMILES string of the molecule is NCC(=O)N1CCC[C@H]1C(=O)N[C@H]([C]=O)CCC(N)=O. The summed E-state index contributed by atoms with van der Waals surface area (Å²) in [6.07, 6.45) is 2.97. The molecule has 0 unspecified atom stereocenters. The second kappa shape index (κ2) is 7.59. The van der Waals surface area contributed by atoms with E-state index in [2.05, 4.69) is 5.32 Å². The van der Waals surface area contributed by atoms with E-state index >= 15 is 0 Å². The summed E-state index contributed by atoms with van der Waals surface area (Å²) in [6.45, 7) is 0.319. The number of nitrogens with zero attached hydrogens (tertiary/aromatic N) is 1. The van der Waals surface area contributed by atoms with Gasteiger partial charge in [-0.15, -0.1) is 0 Å². The predicted molar refractivity (Wildman–Crippen MR) is 69.8 cm³/mol. The van der Waals surface area contributed by atoms with Crippen LogP contribution in [-0.2, 0) is 19.2 Å². The summed E-state index contributed by atoms with van der Waals surface area (Å²) in [5, 5.41) is 2.47. The molecule has 1 heterocycles. The Morgan fingerprint density at radius 1 is 1.40 bits per heavy atom. The van der Waals surface area contributed by atoms with Crippen LogP contribution in [0.3, 0.4) is 0 Å². The fourth-order valence-electron chi connectivity index (χ4n) is 2.17. The molecule has 1 radical (unpaired) electrons. The van der Waals surface area contributed by atoms with Gasteiger partial charge in [0.1, 0.15) is 6.04 Å². The second-order valence-electron chi connectivity index (χ2n) is 4.63. The Labute approximate surface area is 116 Å². The lowest BCUT2D eigenvalue weighted by Crippen LogP contribution is -2.50. The highest BCUT2D eigenvalue weighted by atomic mass is 16.2. The van der Waals surface area contributed by atoms with Crippen LogP contribution in [0.5, 0.6) is 0 Å². The van der Waals surface area contributed by atoms with Gasteiger partial charge in [-0.1, -0.05) is 0 Å². The quantitative estimate of drug-likeness (QED) is 0.487. The van der Waals surface area contributed by atoms with E-state index in [4.69, 9.17) is 11.5 Å². The maximum Gasteiger partial charge on any atom is 0.243 e. The lowest BCUT2D eigenvalue weighted by Gasteiger charge is -2.24. The van der Waals surface area contributed by atoms with Crippen LogP contribution in [0, 0.1) is 0 Å². The van der Waals surface area contributed by atoms with Crippen molar-refractivity contribution in [2.75, 3.05) is 13.1 Å². The number of likely N-dealkylation sites (tertiary alicyclic amines) is 1. The Morgan fingerprint density at radius 3 is 2.65 bits per heavy atom. The van der Waals surface area contributed by atoms with Gasteiger partial charge in [0.25, 0.3) is 0 Å². The smallest absolute Gasteiger partial charge is 0.243 e. The van der Waals surface area contributed by atoms with Crippen LogP contribution in [-0.4, -0.2) is 54.1 Å². The summed E-state index contributed by atoms with van der Waals surface area (Å²) in [4.78, 5) is 46.4. The monoisotopic (exact) mass is 283 g/mol. The van der Waals surface area contributed by atoms with Crippen molar-refractivity contribution in [3.8, 4) is 0 Å². The maximum absolute atomic E-state index is 12.0. The van der Waals surface area contributed by atoms with Crippen molar-refractivity contribution in [1.82, 2.24) is 10.2 Å². The van der Waals surface area contributed by atoms with Crippen molar-refractivity contribution in [2.24, 2.45) is 11.5 Å². The molecule has 0 spiro atoms. The molecule has 0 aliphatic carbocycles. The zero-order chi connectivity index (χ0) is 15.1. The summed E-state index contributed by atoms with van der Waals surface area (Å²) in [6, 6.07) is -1.51. The number of hydrogen-bond acceptors (Lipinski definition) is 5. The zero-order valence-corrected chi connectivity index (χ0v) is 11.1. The minimum Gasteiger partial charge on any atom is -0.370 e. The molecule has 1 saturated heterocycles. The first-order valence-corrected chi connectivity index (χ1v) is 6.45. The first kappa shape index (κ1) is 16.1. The number of primary amides is 1. The van der Waals surface area contributed by atoms with Crippen LogP contribution in [0.4, 0.5) is 0 Å². The lowest BCUT2D eigenvalue weighted by molar-refractivity contribution is -0.137. The van der Waals surface area contributed by atoms with Gasteiger partial charge in [-0.25, -0.2) is 0 Å². The zero-order valence-electron chi connectivity index (χ0n) is 11.1. The Balaban J connectivity index is 2.57. The topological polar surface area (TPSA) is 136 Å². The van der Waals surface area contributed by atoms with E-state index in [0.29, 0.717) is 19.4 Å². The molecule has 111 valence electrons. The molecule has 0 aromatic carbocycles. The third-order valence-corrected chi connectivity index (χ3v) is 3.19. The van der Waals surface area contributed by atoms with Gasteiger partial charge in [-0.3, -0.25) is 19.2 Å². The number of hydrogen-bond donors (Lipinski definition) is 3. The van der Waals surface area contributed by atoms with Gasteiger partial charge in [-0.05, 0) is 19.3 Å². The fourth-order valence-corrected chi connectivity index (χ4v) is 2.17. The normalized spacial score (nSPS) is 19.4. The predicted octanol–water partition coefficient (Wildman–Crippen LogP) is -2.20. The number of carbonyl (C=O) groups is 3. The van der Waals surface area contributed by atoms with Crippen molar-refractivity contribution < 1.29 is 19.2 Å².